The van der Waals surface area contributed by atoms with Crippen LogP contribution in [0.1, 0.15) is 17.2 Å². The minimum absolute atomic E-state index is 0.161. The highest BCUT2D eigenvalue weighted by molar-refractivity contribution is 9.10. The molecule has 3 aromatic rings. The third kappa shape index (κ3) is 2.56. The molecule has 96 valence electrons. The van der Waals surface area contributed by atoms with Gasteiger partial charge in [0.15, 0.2) is 0 Å². The molecule has 2 N–H and O–H groups in total. The second kappa shape index (κ2) is 5.25. The van der Waals surface area contributed by atoms with Crippen LogP contribution >= 0.6 is 38.9 Å². The molecule has 1 unspecified atom stereocenters. The molecule has 19 heavy (non-hydrogen) atoms. The molecule has 0 saturated heterocycles. The maximum Gasteiger partial charge on any atom is 0.0567 e. The van der Waals surface area contributed by atoms with E-state index in [1.807, 2.05) is 30.3 Å². The standard InChI is InChI=1S/C15H11BrClNS/c16-10-5-9(6-11(17)7-10)15(18)13-8-19-14-4-2-1-3-12(13)14/h1-8,15H,18H2. The summed E-state index contributed by atoms with van der Waals surface area (Å²) in [6.45, 7) is 0. The highest BCUT2D eigenvalue weighted by Gasteiger charge is 2.14. The van der Waals surface area contributed by atoms with Crippen molar-refractivity contribution >= 4 is 49.0 Å². The highest BCUT2D eigenvalue weighted by Crippen LogP contribution is 2.33. The first-order valence-corrected chi connectivity index (χ1v) is 7.88. The van der Waals surface area contributed by atoms with Crippen molar-refractivity contribution in [3.8, 4) is 0 Å². The van der Waals surface area contributed by atoms with Crippen molar-refractivity contribution in [3.05, 3.63) is 68.5 Å². The molecule has 0 aliphatic rings. The summed E-state index contributed by atoms with van der Waals surface area (Å²) in [6.07, 6.45) is 0. The molecule has 4 heteroatoms. The fourth-order valence-corrected chi connectivity index (χ4v) is 4.06. The minimum atomic E-state index is -0.161. The summed E-state index contributed by atoms with van der Waals surface area (Å²) >= 11 is 11.3. The summed E-state index contributed by atoms with van der Waals surface area (Å²) in [7, 11) is 0. The lowest BCUT2D eigenvalue weighted by Crippen LogP contribution is -2.11. The molecule has 1 aromatic heterocycles. The fourth-order valence-electron chi connectivity index (χ4n) is 2.17. The summed E-state index contributed by atoms with van der Waals surface area (Å²) in [4.78, 5) is 0. The molecule has 1 heterocycles. The molecular weight excluding hydrogens is 342 g/mol. The van der Waals surface area contributed by atoms with E-state index in [0.717, 1.165) is 15.6 Å². The van der Waals surface area contributed by atoms with Gasteiger partial charge < -0.3 is 5.73 Å². The topological polar surface area (TPSA) is 26.0 Å². The summed E-state index contributed by atoms with van der Waals surface area (Å²) in [5, 5.41) is 4.04. The van der Waals surface area contributed by atoms with E-state index in [9.17, 15) is 0 Å². The zero-order chi connectivity index (χ0) is 13.4. The first kappa shape index (κ1) is 13.1. The number of thiophene rings is 1. The van der Waals surface area contributed by atoms with E-state index < -0.39 is 0 Å². The number of benzene rings is 2. The Morgan fingerprint density at radius 1 is 1.16 bits per heavy atom. The van der Waals surface area contributed by atoms with Gasteiger partial charge in [-0.1, -0.05) is 45.7 Å². The van der Waals surface area contributed by atoms with Gasteiger partial charge in [-0.3, -0.25) is 0 Å². The van der Waals surface area contributed by atoms with Crippen LogP contribution < -0.4 is 5.73 Å². The monoisotopic (exact) mass is 351 g/mol. The highest BCUT2D eigenvalue weighted by atomic mass is 79.9. The van der Waals surface area contributed by atoms with Gasteiger partial charge in [-0.15, -0.1) is 11.3 Å². The van der Waals surface area contributed by atoms with E-state index in [2.05, 4.69) is 33.4 Å². The SMILES string of the molecule is NC(c1cc(Cl)cc(Br)c1)c1csc2ccccc12. The van der Waals surface area contributed by atoms with E-state index in [-0.39, 0.29) is 6.04 Å². The van der Waals surface area contributed by atoms with Crippen molar-refractivity contribution in [2.75, 3.05) is 0 Å². The van der Waals surface area contributed by atoms with Crippen LogP contribution in [0.25, 0.3) is 10.1 Å². The average Bonchev–Trinajstić information content (AvgIpc) is 2.80. The van der Waals surface area contributed by atoms with Gasteiger partial charge in [0.1, 0.15) is 0 Å². The Labute approximate surface area is 129 Å². The third-order valence-corrected chi connectivity index (χ3v) is 4.75. The molecule has 0 aliphatic carbocycles. The Morgan fingerprint density at radius 3 is 2.74 bits per heavy atom. The Balaban J connectivity index is 2.10. The van der Waals surface area contributed by atoms with Gasteiger partial charge in [0, 0.05) is 14.2 Å². The van der Waals surface area contributed by atoms with E-state index in [4.69, 9.17) is 17.3 Å². The maximum atomic E-state index is 6.39. The number of rotatable bonds is 2. The lowest BCUT2D eigenvalue weighted by atomic mass is 9.99. The van der Waals surface area contributed by atoms with E-state index in [1.165, 1.54) is 10.1 Å². The Bertz CT molecular complexity index is 718. The van der Waals surface area contributed by atoms with Crippen LogP contribution in [0.5, 0.6) is 0 Å². The van der Waals surface area contributed by atoms with Crippen molar-refractivity contribution in [2.24, 2.45) is 5.73 Å². The van der Waals surface area contributed by atoms with E-state index in [0.29, 0.717) is 5.02 Å². The van der Waals surface area contributed by atoms with Gasteiger partial charge in [0.05, 0.1) is 6.04 Å². The number of nitrogens with two attached hydrogens (primary N) is 1. The van der Waals surface area contributed by atoms with Crippen LogP contribution in [-0.4, -0.2) is 0 Å². The number of hydrogen-bond donors (Lipinski definition) is 1. The number of fused-ring (bicyclic) bond motifs is 1. The first-order valence-electron chi connectivity index (χ1n) is 5.83. The lowest BCUT2D eigenvalue weighted by molar-refractivity contribution is 0.884. The van der Waals surface area contributed by atoms with Gasteiger partial charge in [-0.05, 0) is 46.2 Å². The minimum Gasteiger partial charge on any atom is -0.320 e. The molecule has 0 fully saturated rings. The van der Waals surface area contributed by atoms with Crippen molar-refractivity contribution in [1.82, 2.24) is 0 Å². The zero-order valence-corrected chi connectivity index (χ0v) is 13.1. The molecule has 0 spiro atoms. The van der Waals surface area contributed by atoms with Gasteiger partial charge in [-0.25, -0.2) is 0 Å². The molecule has 0 aliphatic heterocycles. The molecule has 0 bridgehead atoms. The van der Waals surface area contributed by atoms with Gasteiger partial charge in [0.25, 0.3) is 0 Å². The number of hydrogen-bond acceptors (Lipinski definition) is 2. The molecule has 2 aromatic carbocycles. The predicted molar refractivity (Wildman–Crippen MR) is 87.0 cm³/mol. The normalized spacial score (nSPS) is 12.8. The average molecular weight is 353 g/mol. The summed E-state index contributed by atoms with van der Waals surface area (Å²) in [6, 6.07) is 14.0. The van der Waals surface area contributed by atoms with E-state index >= 15 is 0 Å². The maximum absolute atomic E-state index is 6.39. The van der Waals surface area contributed by atoms with Crippen LogP contribution in [0.2, 0.25) is 5.02 Å². The smallest absolute Gasteiger partial charge is 0.0567 e. The van der Waals surface area contributed by atoms with Crippen LogP contribution in [0.4, 0.5) is 0 Å². The van der Waals surface area contributed by atoms with Gasteiger partial charge >= 0.3 is 0 Å². The molecule has 1 nitrogen and oxygen atoms in total. The summed E-state index contributed by atoms with van der Waals surface area (Å²) in [5.74, 6) is 0. The van der Waals surface area contributed by atoms with Crippen molar-refractivity contribution in [1.29, 1.82) is 0 Å². The Hall–Kier alpha value is -0.870. The third-order valence-electron chi connectivity index (χ3n) is 3.09. The second-order valence-corrected chi connectivity index (χ2v) is 6.63. The van der Waals surface area contributed by atoms with Crippen LogP contribution in [0, 0.1) is 0 Å². The molecule has 1 atom stereocenters. The largest absolute Gasteiger partial charge is 0.320 e. The van der Waals surface area contributed by atoms with Crippen LogP contribution in [-0.2, 0) is 0 Å². The Morgan fingerprint density at radius 2 is 1.95 bits per heavy atom. The molecule has 0 amide bonds. The molecule has 3 rings (SSSR count). The van der Waals surface area contributed by atoms with Gasteiger partial charge in [0.2, 0.25) is 0 Å². The first-order chi connectivity index (χ1) is 9.15. The quantitative estimate of drug-likeness (QED) is 0.659. The fraction of sp³-hybridized carbons (Fsp3) is 0.0667. The molecular formula is C15H11BrClNS. The second-order valence-electron chi connectivity index (χ2n) is 4.37. The molecule has 0 radical (unpaired) electrons. The zero-order valence-electron chi connectivity index (χ0n) is 9.94. The van der Waals surface area contributed by atoms with Crippen molar-refractivity contribution < 1.29 is 0 Å². The summed E-state index contributed by atoms with van der Waals surface area (Å²) in [5.41, 5.74) is 8.56. The van der Waals surface area contributed by atoms with E-state index in [1.54, 1.807) is 11.3 Å². The van der Waals surface area contributed by atoms with Crippen molar-refractivity contribution in [2.45, 2.75) is 6.04 Å². The van der Waals surface area contributed by atoms with Crippen molar-refractivity contribution in [3.63, 3.8) is 0 Å². The lowest BCUT2D eigenvalue weighted by Gasteiger charge is -2.12. The molecule has 0 saturated carbocycles. The van der Waals surface area contributed by atoms with Gasteiger partial charge in [-0.2, -0.15) is 0 Å². The van der Waals surface area contributed by atoms with Crippen LogP contribution in [0.3, 0.4) is 0 Å². The Kier molecular flexibility index (Phi) is 3.63. The predicted octanol–water partition coefficient (Wildman–Crippen LogP) is 5.37. The van der Waals surface area contributed by atoms with Crippen LogP contribution in [0.15, 0.2) is 52.3 Å². The number of halogens is 2. The summed E-state index contributed by atoms with van der Waals surface area (Å²) < 4.78 is 2.21.